The Hall–Kier alpha value is -3.34. The topological polar surface area (TPSA) is 96.3 Å². The first-order valence-corrected chi connectivity index (χ1v) is 9.21. The Morgan fingerprint density at radius 1 is 1.17 bits per heavy atom. The smallest absolute Gasteiger partial charge is 0.230 e. The molecule has 1 fully saturated rings. The van der Waals surface area contributed by atoms with Gasteiger partial charge in [-0.3, -0.25) is 0 Å². The van der Waals surface area contributed by atoms with Crippen molar-refractivity contribution in [3.63, 3.8) is 0 Å². The van der Waals surface area contributed by atoms with Crippen LogP contribution in [0.2, 0.25) is 0 Å². The van der Waals surface area contributed by atoms with E-state index in [9.17, 15) is 8.78 Å². The first-order chi connectivity index (χ1) is 14.1. The fourth-order valence-electron chi connectivity index (χ4n) is 3.31. The van der Waals surface area contributed by atoms with E-state index >= 15 is 0 Å². The minimum Gasteiger partial charge on any atom is -0.378 e. The van der Waals surface area contributed by atoms with E-state index in [0.29, 0.717) is 55.2 Å². The molecule has 1 aliphatic heterocycles. The van der Waals surface area contributed by atoms with E-state index in [1.165, 1.54) is 6.07 Å². The fourth-order valence-corrected chi connectivity index (χ4v) is 3.31. The van der Waals surface area contributed by atoms with Crippen molar-refractivity contribution in [1.29, 1.82) is 0 Å². The van der Waals surface area contributed by atoms with Gasteiger partial charge in [0.15, 0.2) is 17.3 Å². The Morgan fingerprint density at radius 2 is 2.00 bits per heavy atom. The molecule has 150 valence electrons. The standard InChI is InChI=1S/C18H18F2N8O/c1-10-8-22-28-16(10)25-18(27-4-6-29-7-5-27)26-17(28)21-9-13-23-12-3-2-11(19)14(20)15(12)24-13/h2-3,8H,4-7,9H2,1H3,(H,23,24)(H,21,25,26). The molecular weight excluding hydrogens is 382 g/mol. The monoisotopic (exact) mass is 400 g/mol. The lowest BCUT2D eigenvalue weighted by Gasteiger charge is -2.27. The maximum Gasteiger partial charge on any atom is 0.230 e. The normalized spacial score (nSPS) is 14.8. The van der Waals surface area contributed by atoms with Crippen LogP contribution in [0.5, 0.6) is 0 Å². The molecular formula is C18H18F2N8O. The van der Waals surface area contributed by atoms with Crippen LogP contribution in [0.1, 0.15) is 11.4 Å². The Balaban J connectivity index is 1.47. The number of ether oxygens (including phenoxy) is 1. The van der Waals surface area contributed by atoms with Crippen LogP contribution in [0.15, 0.2) is 18.3 Å². The summed E-state index contributed by atoms with van der Waals surface area (Å²) in [4.78, 5) is 18.4. The number of hydrogen-bond donors (Lipinski definition) is 2. The van der Waals surface area contributed by atoms with Crippen molar-refractivity contribution >= 4 is 28.6 Å². The number of imidazole rings is 1. The highest BCUT2D eigenvalue weighted by Crippen LogP contribution is 2.20. The van der Waals surface area contributed by atoms with Gasteiger partial charge in [-0.1, -0.05) is 0 Å². The third kappa shape index (κ3) is 3.12. The number of morpholine rings is 1. The highest BCUT2D eigenvalue weighted by molar-refractivity contribution is 5.75. The summed E-state index contributed by atoms with van der Waals surface area (Å²) in [5.74, 6) is -0.371. The number of anilines is 2. The Morgan fingerprint density at radius 3 is 2.83 bits per heavy atom. The first-order valence-electron chi connectivity index (χ1n) is 9.21. The molecule has 0 bridgehead atoms. The van der Waals surface area contributed by atoms with Crippen molar-refractivity contribution in [1.82, 2.24) is 29.5 Å². The molecule has 5 rings (SSSR count). The fraction of sp³-hybridized carbons (Fsp3) is 0.333. The molecule has 0 atom stereocenters. The summed E-state index contributed by atoms with van der Waals surface area (Å²) in [6.45, 7) is 4.81. The molecule has 0 saturated carbocycles. The van der Waals surface area contributed by atoms with Gasteiger partial charge in [0, 0.05) is 18.7 Å². The lowest BCUT2D eigenvalue weighted by molar-refractivity contribution is 0.122. The third-order valence-electron chi connectivity index (χ3n) is 4.84. The van der Waals surface area contributed by atoms with Crippen molar-refractivity contribution in [2.75, 3.05) is 36.5 Å². The molecule has 4 heterocycles. The lowest BCUT2D eigenvalue weighted by Crippen LogP contribution is -2.37. The molecule has 0 spiro atoms. The van der Waals surface area contributed by atoms with E-state index in [1.807, 2.05) is 6.92 Å². The zero-order chi connectivity index (χ0) is 20.0. The molecule has 0 aliphatic carbocycles. The number of benzene rings is 1. The molecule has 1 saturated heterocycles. The van der Waals surface area contributed by atoms with Gasteiger partial charge in [-0.15, -0.1) is 0 Å². The van der Waals surface area contributed by atoms with Gasteiger partial charge in [0.05, 0.1) is 31.5 Å². The van der Waals surface area contributed by atoms with Crippen LogP contribution in [0.25, 0.3) is 16.7 Å². The molecule has 4 aromatic rings. The molecule has 9 nitrogen and oxygen atoms in total. The SMILES string of the molecule is Cc1cnn2c(NCc3nc4c(F)c(F)ccc4[nH]3)nc(N3CCOCC3)nc12. The predicted octanol–water partition coefficient (Wildman–Crippen LogP) is 2.04. The van der Waals surface area contributed by atoms with Crippen LogP contribution in [0.3, 0.4) is 0 Å². The Bertz CT molecular complexity index is 1200. The molecule has 1 aromatic carbocycles. The molecule has 3 aromatic heterocycles. The average Bonchev–Trinajstić information content (AvgIpc) is 3.34. The zero-order valence-electron chi connectivity index (χ0n) is 15.6. The van der Waals surface area contributed by atoms with E-state index in [4.69, 9.17) is 4.74 Å². The first kappa shape index (κ1) is 17.7. The van der Waals surface area contributed by atoms with Gasteiger partial charge in [0.2, 0.25) is 11.9 Å². The van der Waals surface area contributed by atoms with Gasteiger partial charge < -0.3 is 19.9 Å². The quantitative estimate of drug-likeness (QED) is 0.541. The summed E-state index contributed by atoms with van der Waals surface area (Å²) in [6, 6.07) is 2.53. The maximum absolute atomic E-state index is 13.9. The van der Waals surface area contributed by atoms with Crippen LogP contribution < -0.4 is 10.2 Å². The maximum atomic E-state index is 13.9. The molecule has 1 aliphatic rings. The second kappa shape index (κ2) is 6.92. The molecule has 29 heavy (non-hydrogen) atoms. The summed E-state index contributed by atoms with van der Waals surface area (Å²) in [5.41, 5.74) is 2.02. The number of aromatic nitrogens is 6. The number of aromatic amines is 1. The second-order valence-electron chi connectivity index (χ2n) is 6.80. The van der Waals surface area contributed by atoms with Gasteiger partial charge in [0.1, 0.15) is 11.3 Å². The molecule has 0 amide bonds. The Kier molecular flexibility index (Phi) is 4.23. The molecule has 0 unspecified atom stereocenters. The predicted molar refractivity (Wildman–Crippen MR) is 102 cm³/mol. The highest BCUT2D eigenvalue weighted by atomic mass is 19.2. The van der Waals surface area contributed by atoms with Gasteiger partial charge in [-0.2, -0.15) is 19.6 Å². The zero-order valence-corrected chi connectivity index (χ0v) is 15.6. The molecule has 2 N–H and O–H groups in total. The number of aryl methyl sites for hydroxylation is 1. The number of nitrogens with one attached hydrogen (secondary N) is 2. The molecule has 0 radical (unpaired) electrons. The van der Waals surface area contributed by atoms with Crippen LogP contribution in [-0.2, 0) is 11.3 Å². The van der Waals surface area contributed by atoms with E-state index in [2.05, 4.69) is 35.3 Å². The summed E-state index contributed by atoms with van der Waals surface area (Å²) in [7, 11) is 0. The van der Waals surface area contributed by atoms with Crippen LogP contribution in [0, 0.1) is 18.6 Å². The highest BCUT2D eigenvalue weighted by Gasteiger charge is 2.19. The van der Waals surface area contributed by atoms with E-state index < -0.39 is 11.6 Å². The van der Waals surface area contributed by atoms with Crippen molar-refractivity contribution in [3.8, 4) is 0 Å². The minimum absolute atomic E-state index is 0.0291. The summed E-state index contributed by atoms with van der Waals surface area (Å²) in [5, 5.41) is 7.50. The largest absolute Gasteiger partial charge is 0.378 e. The van der Waals surface area contributed by atoms with Gasteiger partial charge in [-0.05, 0) is 19.1 Å². The number of nitrogens with zero attached hydrogens (tertiary/aromatic N) is 6. The number of halogens is 2. The van der Waals surface area contributed by atoms with Crippen LogP contribution in [-0.4, -0.2) is 55.9 Å². The number of rotatable bonds is 4. The van der Waals surface area contributed by atoms with Crippen LogP contribution >= 0.6 is 0 Å². The summed E-state index contributed by atoms with van der Waals surface area (Å²) >= 11 is 0. The van der Waals surface area contributed by atoms with Gasteiger partial charge in [0.25, 0.3) is 0 Å². The van der Waals surface area contributed by atoms with Crippen molar-refractivity contribution in [2.45, 2.75) is 13.5 Å². The van der Waals surface area contributed by atoms with E-state index in [1.54, 1.807) is 10.7 Å². The van der Waals surface area contributed by atoms with Crippen molar-refractivity contribution in [3.05, 3.63) is 41.4 Å². The Labute approximate surface area is 163 Å². The van der Waals surface area contributed by atoms with Gasteiger partial charge >= 0.3 is 0 Å². The van der Waals surface area contributed by atoms with Crippen LogP contribution in [0.4, 0.5) is 20.7 Å². The second-order valence-corrected chi connectivity index (χ2v) is 6.80. The van der Waals surface area contributed by atoms with E-state index in [-0.39, 0.29) is 12.1 Å². The number of fused-ring (bicyclic) bond motifs is 2. The summed E-state index contributed by atoms with van der Waals surface area (Å²) < 4.78 is 34.3. The van der Waals surface area contributed by atoms with Gasteiger partial charge in [-0.25, -0.2) is 13.8 Å². The average molecular weight is 400 g/mol. The number of hydrogen-bond acceptors (Lipinski definition) is 7. The number of H-pyrrole nitrogens is 1. The summed E-state index contributed by atoms with van der Waals surface area (Å²) in [6.07, 6.45) is 1.72. The van der Waals surface area contributed by atoms with E-state index in [0.717, 1.165) is 11.6 Å². The van der Waals surface area contributed by atoms with Crippen molar-refractivity contribution in [2.24, 2.45) is 0 Å². The minimum atomic E-state index is -0.966. The third-order valence-corrected chi connectivity index (χ3v) is 4.84. The molecule has 11 heteroatoms. The van der Waals surface area contributed by atoms with Crippen molar-refractivity contribution < 1.29 is 13.5 Å². The lowest BCUT2D eigenvalue weighted by atomic mass is 10.3.